The third kappa shape index (κ3) is 72.8. The Bertz CT molecular complexity index is 2720. The van der Waals surface area contributed by atoms with E-state index in [0.29, 0.717) is 11.8 Å². The van der Waals surface area contributed by atoms with Crippen LogP contribution >= 0.6 is 66.8 Å². The Morgan fingerprint density at radius 1 is 0.430 bits per heavy atom. The van der Waals surface area contributed by atoms with E-state index in [0.717, 1.165) is 28.4 Å². The van der Waals surface area contributed by atoms with Gasteiger partial charge in [-0.25, -0.2) is 11.9 Å². The second-order valence-electron chi connectivity index (χ2n) is 20.7. The first-order valence-electron chi connectivity index (χ1n) is 29.4. The van der Waals surface area contributed by atoms with E-state index >= 15 is 0 Å². The first-order chi connectivity index (χ1) is 41.7. The molecule has 9 rings (SSSR count). The van der Waals surface area contributed by atoms with Gasteiger partial charge in [0.25, 0.3) is 0 Å². The summed E-state index contributed by atoms with van der Waals surface area (Å²) in [5.74, 6) is 1.19. The fraction of sp³-hybridized carbons (Fsp3) is 0.284. The van der Waals surface area contributed by atoms with Gasteiger partial charge in [-0.05, 0) is 128 Å². The molecule has 482 valence electrons. The summed E-state index contributed by atoms with van der Waals surface area (Å²) >= 11 is 17.9. The molecular weight excluding hydrogens is 1290 g/mol. The van der Waals surface area contributed by atoms with E-state index in [-0.39, 0.29) is 130 Å². The maximum atomic E-state index is 7.72. The van der Waals surface area contributed by atoms with Crippen LogP contribution in [0.15, 0.2) is 242 Å². The van der Waals surface area contributed by atoms with Gasteiger partial charge in [0, 0.05) is 16.2 Å². The molecule has 93 heavy (non-hydrogen) atoms. The Morgan fingerprint density at radius 2 is 0.677 bits per heavy atom. The average Bonchev–Trinajstić information content (AvgIpc) is 2.42. The van der Waals surface area contributed by atoms with E-state index in [1.165, 1.54) is 85.5 Å². The molecule has 0 unspecified atom stereocenters. The van der Waals surface area contributed by atoms with Crippen LogP contribution in [-0.4, -0.2) is 26.7 Å². The van der Waals surface area contributed by atoms with Gasteiger partial charge < -0.3 is 19.9 Å². The zero-order valence-electron chi connectivity index (χ0n) is 61.4. The molecule has 0 saturated heterocycles. The van der Waals surface area contributed by atoms with Gasteiger partial charge in [0.1, 0.15) is 0 Å². The maximum absolute atomic E-state index is 7.72. The summed E-state index contributed by atoms with van der Waals surface area (Å²) in [4.78, 5) is 0. The number of unbranched alkanes of at least 4 members (excludes halogenated alkanes) is 2. The first kappa shape index (κ1) is 110. The molecule has 0 radical (unpaired) electrons. The van der Waals surface area contributed by atoms with Crippen LogP contribution in [0.3, 0.4) is 0 Å². The van der Waals surface area contributed by atoms with Crippen molar-refractivity contribution < 1.29 is 111 Å². The van der Waals surface area contributed by atoms with Crippen LogP contribution in [0.2, 0.25) is 0 Å². The summed E-state index contributed by atoms with van der Waals surface area (Å²) in [5, 5.41) is 1.49. The molecule has 12 heteroatoms. The van der Waals surface area contributed by atoms with Crippen molar-refractivity contribution in [2.75, 3.05) is 26.7 Å². The molecule has 0 aromatic heterocycles. The molecule has 1 nitrogen and oxygen atoms in total. The SMILES string of the molecule is C.C=Cc1ccc(CCl)cc1.Cc1cc[c-]cc1.Cc1ccc(Br)cc1.Cc1ccc(C)cc1.Cc1ccc(CCl)cc1.Cc1ccc(CP(C)C)cc1.Cc1ccc(P(C)C)cc1.Cc1ccccc1.Cc1ccccc1.[CH2-]CCC.[CH2-]CCC.[H-].[Li+].[Li+].[Li+].[Li+].[Na+].[O-]Cl. The van der Waals surface area contributed by atoms with Crippen LogP contribution in [0.4, 0.5) is 0 Å². The van der Waals surface area contributed by atoms with Crippen molar-refractivity contribution in [2.45, 2.75) is 127 Å². The number of halogens is 4. The van der Waals surface area contributed by atoms with Gasteiger partial charge in [-0.15, -0.1) is 31.1 Å². The number of alkyl halides is 2. The molecule has 9 aromatic carbocycles. The number of hydrogen-bond acceptors (Lipinski definition) is 1. The third-order valence-corrected chi connectivity index (χ3v) is 15.0. The molecule has 0 heterocycles. The zero-order chi connectivity index (χ0) is 66.0. The number of benzene rings is 9. The van der Waals surface area contributed by atoms with Gasteiger partial charge in [-0.3, -0.25) is 0 Å². The van der Waals surface area contributed by atoms with E-state index in [1.807, 2.05) is 115 Å². The predicted octanol–water partition coefficient (Wildman–Crippen LogP) is 10.8. The zero-order valence-corrected chi connectivity index (χ0v) is 68.0. The van der Waals surface area contributed by atoms with E-state index in [4.69, 9.17) is 27.9 Å². The minimum Gasteiger partial charge on any atom is -1.00 e. The quantitative estimate of drug-likeness (QED) is 0.0644. The van der Waals surface area contributed by atoms with Gasteiger partial charge in [-0.1, -0.05) is 316 Å². The van der Waals surface area contributed by atoms with E-state index in [9.17, 15) is 0 Å². The Hall–Kier alpha value is -1.72. The molecular formula is C81H109BrCl3Li4NaOP2. The minimum atomic E-state index is 0. The molecule has 0 fully saturated rings. The molecule has 9 aromatic rings. The van der Waals surface area contributed by atoms with E-state index in [1.54, 1.807) is 0 Å². The van der Waals surface area contributed by atoms with Crippen molar-refractivity contribution in [1.82, 2.24) is 0 Å². The molecule has 0 atom stereocenters. The summed E-state index contributed by atoms with van der Waals surface area (Å²) in [6.07, 6.45) is 7.63. The largest absolute Gasteiger partial charge is 1.00 e. The van der Waals surface area contributed by atoms with Crippen LogP contribution in [0.1, 0.15) is 121 Å². The Balaban J connectivity index is -0.000000103. The minimum absolute atomic E-state index is 0. The Kier molecular flexibility index (Phi) is 91.7. The standard InChI is InChI=1S/C10H15P.C9H9Cl.C9H13P.C8H9Cl.C8H10.C7H7Br.2C7H8.C7H7.2C4H9.CH4.ClO.4Li.Na.H/c1-9-4-6-10(7-5-9)8-11(2)3;1-2-8-3-5-9(7-10)6-4-8;1-8-4-6-9(7-5-8)10(2)3;1-7-2-4-8(6-9)5-3-7;1-7-3-5-8(2)6-4-7;1-6-2-4-7(8)5-3-6;3*1-7-5-3-2-4-6-7;2*1-3-4-2;;1-2;;;;;;/h4-7H,8H2,1-3H3;2-6H,1,7H2;4-7H,1-3H3;2-5H,6H2,1H3;3-6H,1-2H3;2-5H,1H3;2*2-6H,1H3;3-6H,1H3;2*1,3-4H2,2H3;1H4;;;;;;;/q;;;;;;;;3*-1;;-1;5*+1;-1. The van der Waals surface area contributed by atoms with Crippen LogP contribution in [0.5, 0.6) is 0 Å². The van der Waals surface area contributed by atoms with E-state index in [2.05, 4.69) is 278 Å². The second kappa shape index (κ2) is 77.6. The monoisotopic (exact) mass is 1390 g/mol. The van der Waals surface area contributed by atoms with Crippen LogP contribution in [0.25, 0.3) is 6.08 Å². The fourth-order valence-electron chi connectivity index (χ4n) is 6.03. The number of aryl methyl sites for hydroxylation is 9. The van der Waals surface area contributed by atoms with Gasteiger partial charge >= 0.3 is 105 Å². The summed E-state index contributed by atoms with van der Waals surface area (Å²) < 4.78 is 8.86. The molecule has 0 saturated carbocycles. The molecule has 0 spiro atoms. The Morgan fingerprint density at radius 3 is 0.892 bits per heavy atom. The molecule has 0 bridgehead atoms. The van der Waals surface area contributed by atoms with Gasteiger partial charge in [0.2, 0.25) is 0 Å². The van der Waals surface area contributed by atoms with E-state index < -0.39 is 0 Å². The fourth-order valence-corrected chi connectivity index (χ4v) is 8.34. The molecule has 0 aliphatic rings. The van der Waals surface area contributed by atoms with Gasteiger partial charge in [0.05, 0.1) is 0 Å². The second-order valence-corrected chi connectivity index (χ2v) is 26.9. The van der Waals surface area contributed by atoms with Crippen LogP contribution in [0, 0.1) is 82.2 Å². The van der Waals surface area contributed by atoms with Crippen LogP contribution < -0.4 is 115 Å². The van der Waals surface area contributed by atoms with Crippen molar-refractivity contribution >= 4 is 78.2 Å². The number of hydrogen-bond donors (Lipinski definition) is 0. The molecule has 0 aliphatic heterocycles. The molecule has 0 amide bonds. The summed E-state index contributed by atoms with van der Waals surface area (Å²) in [7, 11) is 0.306. The summed E-state index contributed by atoms with van der Waals surface area (Å²) in [6, 6.07) is 81.9. The van der Waals surface area contributed by atoms with Crippen molar-refractivity contribution in [3.63, 3.8) is 0 Å². The smallest absolute Gasteiger partial charge is 1.00 e. The third-order valence-electron chi connectivity index (χ3n) is 11.5. The first-order valence-corrected chi connectivity index (χ1v) is 36.3. The summed E-state index contributed by atoms with van der Waals surface area (Å²) in [6.45, 7) is 43.1. The number of rotatable bonds is 8. The molecule has 0 aliphatic carbocycles. The van der Waals surface area contributed by atoms with Crippen molar-refractivity contribution in [1.29, 1.82) is 0 Å². The topological polar surface area (TPSA) is 23.1 Å². The normalized spacial score (nSPS) is 8.56. The Labute approximate surface area is 669 Å². The van der Waals surface area contributed by atoms with Gasteiger partial charge in [0.15, 0.2) is 0 Å². The maximum Gasteiger partial charge on any atom is 1.00 e. The van der Waals surface area contributed by atoms with Crippen molar-refractivity contribution in [2.24, 2.45) is 0 Å². The van der Waals surface area contributed by atoms with Crippen molar-refractivity contribution in [3.8, 4) is 0 Å². The predicted molar refractivity (Wildman–Crippen MR) is 411 cm³/mol. The average molecular weight is 1400 g/mol. The van der Waals surface area contributed by atoms with Crippen LogP contribution in [-0.2, 0) is 17.9 Å². The summed E-state index contributed by atoms with van der Waals surface area (Å²) in [5.41, 5.74) is 16.8. The van der Waals surface area contributed by atoms with Gasteiger partial charge in [-0.2, -0.15) is 48.7 Å². The van der Waals surface area contributed by atoms with Crippen molar-refractivity contribution in [3.05, 3.63) is 334 Å². The molecule has 0 N–H and O–H groups in total.